The van der Waals surface area contributed by atoms with Crippen LogP contribution in [0.2, 0.25) is 0 Å². The van der Waals surface area contributed by atoms with Gasteiger partial charge in [0.15, 0.2) is 0 Å². The van der Waals surface area contributed by atoms with Crippen molar-refractivity contribution in [3.05, 3.63) is 41.3 Å². The Morgan fingerprint density at radius 1 is 1.33 bits per heavy atom. The van der Waals surface area contributed by atoms with Crippen molar-refractivity contribution >= 4 is 0 Å². The number of hydrogen-bond acceptors (Lipinski definition) is 4. The molecule has 0 fully saturated rings. The molecule has 0 saturated heterocycles. The van der Waals surface area contributed by atoms with Gasteiger partial charge < -0.3 is 10.1 Å². The monoisotopic (exact) mass is 288 g/mol. The summed E-state index contributed by atoms with van der Waals surface area (Å²) in [6, 6.07) is 6.50. The van der Waals surface area contributed by atoms with Crippen molar-refractivity contribution in [2.24, 2.45) is 0 Å². The van der Waals surface area contributed by atoms with Gasteiger partial charge in [-0.25, -0.2) is 4.98 Å². The maximum atomic E-state index is 5.09. The number of hydrogen-bond donors (Lipinski definition) is 1. The van der Waals surface area contributed by atoms with E-state index in [4.69, 9.17) is 4.74 Å². The number of methoxy groups -OCH3 is 1. The number of ether oxygens (including phenoxy) is 1. The summed E-state index contributed by atoms with van der Waals surface area (Å²) in [7, 11) is 3.63. The average molecular weight is 288 g/mol. The molecular weight excluding hydrogens is 264 g/mol. The van der Waals surface area contributed by atoms with Crippen LogP contribution in [0.25, 0.3) is 0 Å². The second-order valence-electron chi connectivity index (χ2n) is 5.20. The quantitative estimate of drug-likeness (QED) is 0.846. The molecule has 5 heteroatoms. The first-order valence-electron chi connectivity index (χ1n) is 7.35. The summed E-state index contributed by atoms with van der Waals surface area (Å²) in [4.78, 5) is 4.26. The van der Waals surface area contributed by atoms with Crippen LogP contribution in [0.1, 0.15) is 23.9 Å². The molecule has 2 aromatic heterocycles. The second-order valence-corrected chi connectivity index (χ2v) is 5.20. The molecule has 1 atom stereocenters. The van der Waals surface area contributed by atoms with Gasteiger partial charge in [-0.3, -0.25) is 4.68 Å². The van der Waals surface area contributed by atoms with Crippen LogP contribution in [0.4, 0.5) is 0 Å². The van der Waals surface area contributed by atoms with Crippen LogP contribution in [-0.4, -0.2) is 35.0 Å². The van der Waals surface area contributed by atoms with Crippen LogP contribution < -0.4 is 10.1 Å². The van der Waals surface area contributed by atoms with Gasteiger partial charge in [0.05, 0.1) is 12.8 Å². The first-order chi connectivity index (χ1) is 10.2. The number of likely N-dealkylation sites (N-methyl/N-ethyl adjacent to an activating group) is 1. The van der Waals surface area contributed by atoms with Gasteiger partial charge in [0.1, 0.15) is 0 Å². The SMILES string of the molecule is CCn1nc(C)cc1CC(Cc1ccc(OC)nc1)NC. The predicted octanol–water partition coefficient (Wildman–Crippen LogP) is 1.99. The summed E-state index contributed by atoms with van der Waals surface area (Å²) < 4.78 is 7.17. The third-order valence-electron chi connectivity index (χ3n) is 3.64. The zero-order valence-corrected chi connectivity index (χ0v) is 13.3. The molecule has 5 nitrogen and oxygen atoms in total. The highest BCUT2D eigenvalue weighted by molar-refractivity contribution is 5.19. The van der Waals surface area contributed by atoms with Crippen LogP contribution in [0.5, 0.6) is 5.88 Å². The average Bonchev–Trinajstić information content (AvgIpc) is 2.87. The van der Waals surface area contributed by atoms with E-state index in [0.29, 0.717) is 11.9 Å². The molecule has 0 amide bonds. The van der Waals surface area contributed by atoms with Gasteiger partial charge in [0, 0.05) is 37.0 Å². The molecule has 0 aliphatic heterocycles. The molecule has 0 aliphatic carbocycles. The molecule has 2 aromatic rings. The van der Waals surface area contributed by atoms with E-state index in [0.717, 1.165) is 25.1 Å². The Kier molecular flexibility index (Phi) is 5.33. The summed E-state index contributed by atoms with van der Waals surface area (Å²) in [5, 5.41) is 7.89. The predicted molar refractivity (Wildman–Crippen MR) is 83.7 cm³/mol. The normalized spacial score (nSPS) is 12.4. The highest BCUT2D eigenvalue weighted by Gasteiger charge is 2.13. The molecule has 0 aliphatic rings. The Balaban J connectivity index is 2.05. The van der Waals surface area contributed by atoms with Gasteiger partial charge in [0.25, 0.3) is 0 Å². The molecular formula is C16H24N4O. The Bertz CT molecular complexity index is 562. The lowest BCUT2D eigenvalue weighted by Gasteiger charge is -2.16. The van der Waals surface area contributed by atoms with Crippen LogP contribution in [0.15, 0.2) is 24.4 Å². The summed E-state index contributed by atoms with van der Waals surface area (Å²) in [5.74, 6) is 0.652. The minimum absolute atomic E-state index is 0.363. The lowest BCUT2D eigenvalue weighted by atomic mass is 10.0. The number of pyridine rings is 1. The lowest BCUT2D eigenvalue weighted by Crippen LogP contribution is -2.30. The molecule has 0 spiro atoms. The molecule has 0 aromatic carbocycles. The summed E-state index contributed by atoms with van der Waals surface area (Å²) in [5.41, 5.74) is 3.55. The van der Waals surface area contributed by atoms with E-state index < -0.39 is 0 Å². The molecule has 1 N–H and O–H groups in total. The number of nitrogens with zero attached hydrogens (tertiary/aromatic N) is 3. The molecule has 2 heterocycles. The maximum absolute atomic E-state index is 5.09. The molecule has 0 saturated carbocycles. The minimum atomic E-state index is 0.363. The molecule has 1 unspecified atom stereocenters. The number of aryl methyl sites for hydroxylation is 2. The van der Waals surface area contributed by atoms with Gasteiger partial charge in [-0.05, 0) is 38.9 Å². The second kappa shape index (κ2) is 7.22. The van der Waals surface area contributed by atoms with E-state index in [2.05, 4.69) is 39.1 Å². The van der Waals surface area contributed by atoms with Crippen molar-refractivity contribution in [2.75, 3.05) is 14.2 Å². The fourth-order valence-corrected chi connectivity index (χ4v) is 2.50. The summed E-state index contributed by atoms with van der Waals surface area (Å²) in [6.45, 7) is 5.07. The Hall–Kier alpha value is -1.88. The van der Waals surface area contributed by atoms with Gasteiger partial charge in [-0.2, -0.15) is 5.10 Å². The summed E-state index contributed by atoms with van der Waals surface area (Å²) in [6.07, 6.45) is 3.77. The maximum Gasteiger partial charge on any atom is 0.212 e. The first kappa shape index (κ1) is 15.5. The topological polar surface area (TPSA) is 52.0 Å². The number of nitrogens with one attached hydrogen (secondary N) is 1. The van der Waals surface area contributed by atoms with Crippen LogP contribution in [-0.2, 0) is 19.4 Å². The minimum Gasteiger partial charge on any atom is -0.481 e. The molecule has 114 valence electrons. The van der Waals surface area contributed by atoms with Crippen molar-refractivity contribution in [1.29, 1.82) is 0 Å². The number of aromatic nitrogens is 3. The van der Waals surface area contributed by atoms with Crippen molar-refractivity contribution in [3.8, 4) is 5.88 Å². The van der Waals surface area contributed by atoms with Gasteiger partial charge in [-0.1, -0.05) is 6.07 Å². The van der Waals surface area contributed by atoms with E-state index in [9.17, 15) is 0 Å². The number of rotatable bonds is 7. The zero-order valence-electron chi connectivity index (χ0n) is 13.3. The lowest BCUT2D eigenvalue weighted by molar-refractivity contribution is 0.397. The first-order valence-corrected chi connectivity index (χ1v) is 7.35. The van der Waals surface area contributed by atoms with E-state index in [-0.39, 0.29) is 0 Å². The van der Waals surface area contributed by atoms with Crippen molar-refractivity contribution in [2.45, 2.75) is 39.3 Å². The van der Waals surface area contributed by atoms with Crippen LogP contribution >= 0.6 is 0 Å². The Morgan fingerprint density at radius 2 is 2.14 bits per heavy atom. The third kappa shape index (κ3) is 4.04. The smallest absolute Gasteiger partial charge is 0.212 e. The molecule has 2 rings (SSSR count). The van der Waals surface area contributed by atoms with E-state index in [1.165, 1.54) is 11.3 Å². The Labute approximate surface area is 126 Å². The zero-order chi connectivity index (χ0) is 15.2. The van der Waals surface area contributed by atoms with E-state index in [1.807, 2.05) is 26.2 Å². The third-order valence-corrected chi connectivity index (χ3v) is 3.64. The van der Waals surface area contributed by atoms with Crippen molar-refractivity contribution in [1.82, 2.24) is 20.1 Å². The fraction of sp³-hybridized carbons (Fsp3) is 0.500. The standard InChI is InChI=1S/C16H24N4O/c1-5-20-15(8-12(2)19-20)10-14(17-3)9-13-6-7-16(21-4)18-11-13/h6-8,11,14,17H,5,9-10H2,1-4H3. The molecule has 0 radical (unpaired) electrons. The van der Waals surface area contributed by atoms with Crippen molar-refractivity contribution < 1.29 is 4.74 Å². The summed E-state index contributed by atoms with van der Waals surface area (Å²) >= 11 is 0. The molecule has 0 bridgehead atoms. The largest absolute Gasteiger partial charge is 0.481 e. The Morgan fingerprint density at radius 3 is 2.71 bits per heavy atom. The van der Waals surface area contributed by atoms with Crippen LogP contribution in [0, 0.1) is 6.92 Å². The van der Waals surface area contributed by atoms with Gasteiger partial charge in [-0.15, -0.1) is 0 Å². The highest BCUT2D eigenvalue weighted by atomic mass is 16.5. The van der Waals surface area contributed by atoms with E-state index in [1.54, 1.807) is 7.11 Å². The van der Waals surface area contributed by atoms with E-state index >= 15 is 0 Å². The fourth-order valence-electron chi connectivity index (χ4n) is 2.50. The van der Waals surface area contributed by atoms with Crippen molar-refractivity contribution in [3.63, 3.8) is 0 Å². The van der Waals surface area contributed by atoms with Gasteiger partial charge >= 0.3 is 0 Å². The van der Waals surface area contributed by atoms with Gasteiger partial charge in [0.2, 0.25) is 5.88 Å². The highest BCUT2D eigenvalue weighted by Crippen LogP contribution is 2.12. The van der Waals surface area contributed by atoms with Crippen LogP contribution in [0.3, 0.4) is 0 Å². The molecule has 21 heavy (non-hydrogen) atoms.